The molecule has 0 atom stereocenters. The predicted molar refractivity (Wildman–Crippen MR) is 86.1 cm³/mol. The van der Waals surface area contributed by atoms with Crippen molar-refractivity contribution in [1.82, 2.24) is 10.6 Å². The van der Waals surface area contributed by atoms with Crippen molar-refractivity contribution in [1.29, 1.82) is 0 Å². The maximum atomic E-state index is 13.4. The number of hydrogen-bond acceptors (Lipinski definition) is 2. The van der Waals surface area contributed by atoms with E-state index < -0.39 is 11.8 Å². The van der Waals surface area contributed by atoms with E-state index in [2.05, 4.69) is 10.6 Å². The van der Waals surface area contributed by atoms with E-state index in [4.69, 9.17) is 0 Å². The molecule has 23 heavy (non-hydrogen) atoms. The Bertz CT molecular complexity index is 701. The van der Waals surface area contributed by atoms with Gasteiger partial charge in [0, 0.05) is 13.1 Å². The molecule has 0 unspecified atom stereocenters. The fraction of sp³-hybridized carbons (Fsp3) is 0.222. The molecule has 0 saturated heterocycles. The van der Waals surface area contributed by atoms with Crippen LogP contribution in [0.15, 0.2) is 48.5 Å². The standard InChI is InChI=1S/C18H19FN2O2/c1-13-6-2-3-8-15(13)12-21-18(23)17(22)20-11-10-14-7-4-5-9-16(14)19/h2-9H,10-12H2,1H3,(H,20,22)(H,21,23). The Labute approximate surface area is 134 Å². The second-order valence-electron chi connectivity index (χ2n) is 5.21. The molecule has 0 fully saturated rings. The quantitative estimate of drug-likeness (QED) is 0.831. The molecule has 2 amide bonds. The van der Waals surface area contributed by atoms with E-state index in [-0.39, 0.29) is 12.4 Å². The van der Waals surface area contributed by atoms with Crippen LogP contribution in [-0.2, 0) is 22.6 Å². The van der Waals surface area contributed by atoms with Gasteiger partial charge >= 0.3 is 11.8 Å². The number of benzene rings is 2. The molecule has 4 nitrogen and oxygen atoms in total. The normalized spacial score (nSPS) is 10.2. The lowest BCUT2D eigenvalue weighted by Gasteiger charge is -2.08. The fourth-order valence-electron chi connectivity index (χ4n) is 2.16. The van der Waals surface area contributed by atoms with Gasteiger partial charge in [-0.3, -0.25) is 9.59 Å². The zero-order valence-corrected chi connectivity index (χ0v) is 12.9. The summed E-state index contributed by atoms with van der Waals surface area (Å²) in [5.41, 5.74) is 2.51. The first kappa shape index (κ1) is 16.7. The van der Waals surface area contributed by atoms with Crippen molar-refractivity contribution in [2.75, 3.05) is 6.54 Å². The molecule has 0 aliphatic heterocycles. The van der Waals surface area contributed by atoms with E-state index in [0.717, 1.165) is 11.1 Å². The summed E-state index contributed by atoms with van der Waals surface area (Å²) in [4.78, 5) is 23.4. The van der Waals surface area contributed by atoms with Gasteiger partial charge < -0.3 is 10.6 Å². The summed E-state index contributed by atoms with van der Waals surface area (Å²) in [5, 5.41) is 5.07. The molecule has 0 aliphatic carbocycles. The Morgan fingerprint density at radius 1 is 0.913 bits per heavy atom. The Morgan fingerprint density at radius 3 is 2.22 bits per heavy atom. The lowest BCUT2D eigenvalue weighted by molar-refractivity contribution is -0.139. The number of aryl methyl sites for hydroxylation is 1. The Kier molecular flexibility index (Phi) is 5.86. The second kappa shape index (κ2) is 8.08. The van der Waals surface area contributed by atoms with Crippen molar-refractivity contribution < 1.29 is 14.0 Å². The molecular formula is C18H19FN2O2. The van der Waals surface area contributed by atoms with Gasteiger partial charge in [0.25, 0.3) is 0 Å². The summed E-state index contributed by atoms with van der Waals surface area (Å²) in [6, 6.07) is 14.0. The van der Waals surface area contributed by atoms with Crippen LogP contribution in [0.25, 0.3) is 0 Å². The summed E-state index contributed by atoms with van der Waals surface area (Å²) in [6.07, 6.45) is 0.337. The maximum absolute atomic E-state index is 13.4. The third-order valence-corrected chi connectivity index (χ3v) is 3.54. The Balaban J connectivity index is 1.76. The van der Waals surface area contributed by atoms with Crippen molar-refractivity contribution in [2.24, 2.45) is 0 Å². The molecule has 5 heteroatoms. The van der Waals surface area contributed by atoms with E-state index in [9.17, 15) is 14.0 Å². The van der Waals surface area contributed by atoms with Crippen molar-refractivity contribution in [3.8, 4) is 0 Å². The van der Waals surface area contributed by atoms with Crippen LogP contribution >= 0.6 is 0 Å². The molecule has 2 N–H and O–H groups in total. The summed E-state index contributed by atoms with van der Waals surface area (Å²) in [7, 11) is 0. The van der Waals surface area contributed by atoms with Gasteiger partial charge in [0.1, 0.15) is 5.82 Å². The third kappa shape index (κ3) is 4.92. The number of amides is 2. The highest BCUT2D eigenvalue weighted by molar-refractivity contribution is 6.35. The van der Waals surface area contributed by atoms with Gasteiger partial charge in [-0.2, -0.15) is 0 Å². The monoisotopic (exact) mass is 314 g/mol. The summed E-state index contributed by atoms with van der Waals surface area (Å²) < 4.78 is 13.4. The molecule has 0 bridgehead atoms. The van der Waals surface area contributed by atoms with Gasteiger partial charge in [-0.15, -0.1) is 0 Å². The molecule has 0 spiro atoms. The smallest absolute Gasteiger partial charge is 0.309 e. The largest absolute Gasteiger partial charge is 0.348 e. The zero-order valence-electron chi connectivity index (χ0n) is 12.9. The number of nitrogens with one attached hydrogen (secondary N) is 2. The van der Waals surface area contributed by atoms with Crippen molar-refractivity contribution >= 4 is 11.8 Å². The van der Waals surface area contributed by atoms with Gasteiger partial charge in [0.05, 0.1) is 0 Å². The number of halogens is 1. The molecule has 120 valence electrons. The van der Waals surface area contributed by atoms with Crippen LogP contribution in [-0.4, -0.2) is 18.4 Å². The highest BCUT2D eigenvalue weighted by Gasteiger charge is 2.13. The minimum Gasteiger partial charge on any atom is -0.348 e. The van der Waals surface area contributed by atoms with E-state index in [1.54, 1.807) is 18.2 Å². The molecule has 2 aromatic carbocycles. The van der Waals surface area contributed by atoms with Crippen molar-refractivity contribution in [2.45, 2.75) is 19.9 Å². The maximum Gasteiger partial charge on any atom is 0.309 e. The first-order valence-electron chi connectivity index (χ1n) is 7.42. The summed E-state index contributed by atoms with van der Waals surface area (Å²) in [6.45, 7) is 2.44. The van der Waals surface area contributed by atoms with Gasteiger partial charge in [0.2, 0.25) is 0 Å². The highest BCUT2D eigenvalue weighted by Crippen LogP contribution is 2.07. The van der Waals surface area contributed by atoms with Gasteiger partial charge in [-0.05, 0) is 36.1 Å². The van der Waals surface area contributed by atoms with E-state index in [1.807, 2.05) is 31.2 Å². The minimum absolute atomic E-state index is 0.206. The van der Waals surface area contributed by atoms with Crippen LogP contribution in [0.2, 0.25) is 0 Å². The molecule has 2 rings (SSSR count). The van der Waals surface area contributed by atoms with E-state index in [0.29, 0.717) is 18.5 Å². The van der Waals surface area contributed by atoms with Crippen LogP contribution in [0.1, 0.15) is 16.7 Å². The van der Waals surface area contributed by atoms with Crippen molar-refractivity contribution in [3.63, 3.8) is 0 Å². The third-order valence-electron chi connectivity index (χ3n) is 3.54. The van der Waals surface area contributed by atoms with Crippen molar-refractivity contribution in [3.05, 3.63) is 71.0 Å². The Hall–Kier alpha value is -2.69. The lowest BCUT2D eigenvalue weighted by atomic mass is 10.1. The molecule has 0 aromatic heterocycles. The summed E-state index contributed by atoms with van der Waals surface area (Å²) >= 11 is 0. The van der Waals surface area contributed by atoms with Crippen LogP contribution in [0.3, 0.4) is 0 Å². The average molecular weight is 314 g/mol. The highest BCUT2D eigenvalue weighted by atomic mass is 19.1. The molecule has 0 aliphatic rings. The number of rotatable bonds is 5. The van der Waals surface area contributed by atoms with Gasteiger partial charge in [-0.25, -0.2) is 4.39 Å². The number of carbonyl (C=O) groups is 2. The zero-order chi connectivity index (χ0) is 16.7. The van der Waals surface area contributed by atoms with Gasteiger partial charge in [0.15, 0.2) is 0 Å². The molecule has 0 radical (unpaired) electrons. The van der Waals surface area contributed by atoms with E-state index >= 15 is 0 Å². The van der Waals surface area contributed by atoms with Crippen LogP contribution in [0, 0.1) is 12.7 Å². The van der Waals surface area contributed by atoms with Gasteiger partial charge in [-0.1, -0.05) is 42.5 Å². The molecule has 0 saturated carbocycles. The Morgan fingerprint density at radius 2 is 1.52 bits per heavy atom. The topological polar surface area (TPSA) is 58.2 Å². The lowest BCUT2D eigenvalue weighted by Crippen LogP contribution is -2.40. The predicted octanol–water partition coefficient (Wildman–Crippen LogP) is 2.11. The minimum atomic E-state index is -0.713. The number of carbonyl (C=O) groups excluding carboxylic acids is 2. The first-order chi connectivity index (χ1) is 11.1. The van der Waals surface area contributed by atoms with Crippen LogP contribution in [0.5, 0.6) is 0 Å². The average Bonchev–Trinajstić information content (AvgIpc) is 2.55. The fourth-order valence-corrected chi connectivity index (χ4v) is 2.16. The molecule has 2 aromatic rings. The van der Waals surface area contributed by atoms with Crippen LogP contribution < -0.4 is 10.6 Å². The van der Waals surface area contributed by atoms with Crippen LogP contribution in [0.4, 0.5) is 4.39 Å². The second-order valence-corrected chi connectivity index (χ2v) is 5.21. The van der Waals surface area contributed by atoms with E-state index in [1.165, 1.54) is 6.07 Å². The first-order valence-corrected chi connectivity index (χ1v) is 7.42. The molecular weight excluding hydrogens is 295 g/mol. The summed E-state index contributed by atoms with van der Waals surface area (Å²) in [5.74, 6) is -1.72. The molecule has 0 heterocycles. The SMILES string of the molecule is Cc1ccccc1CNC(=O)C(=O)NCCc1ccccc1F. The number of hydrogen-bond donors (Lipinski definition) is 2.